The van der Waals surface area contributed by atoms with Crippen LogP contribution in [0.2, 0.25) is 0 Å². The van der Waals surface area contributed by atoms with Crippen molar-refractivity contribution in [2.45, 2.75) is 0 Å². The largest absolute Gasteiger partial charge is 0.304 e. The molecule has 0 aliphatic carbocycles. The highest BCUT2D eigenvalue weighted by atomic mass is 32.3. The molecule has 44 valence electrons. The van der Waals surface area contributed by atoms with Crippen molar-refractivity contribution in [1.82, 2.24) is 0 Å². The molecule has 0 aliphatic heterocycles. The Hall–Kier alpha value is -0.260. The molecule has 0 radical (unpaired) electrons. The van der Waals surface area contributed by atoms with E-state index in [0.717, 1.165) is 0 Å². The van der Waals surface area contributed by atoms with Crippen LogP contribution in [0, 0.1) is 5.41 Å². The molecular weight excluding hydrogens is 118 g/mol. The summed E-state index contributed by atoms with van der Waals surface area (Å²) in [6.07, 6.45) is 0.685. The summed E-state index contributed by atoms with van der Waals surface area (Å²) in [6, 6.07) is 0. The molecule has 0 spiro atoms. The second-order valence-corrected chi connectivity index (χ2v) is 4.27. The zero-order chi connectivity index (χ0) is 6.15. The van der Waals surface area contributed by atoms with E-state index in [0.29, 0.717) is 6.26 Å². The van der Waals surface area contributed by atoms with Gasteiger partial charge in [0.1, 0.15) is 15.2 Å². The first-order valence-corrected chi connectivity index (χ1v) is 3.82. The molecule has 0 rings (SSSR count). The molecule has 0 bridgehead atoms. The van der Waals surface area contributed by atoms with Crippen LogP contribution in [0.5, 0.6) is 0 Å². The van der Waals surface area contributed by atoms with Gasteiger partial charge in [-0.1, -0.05) is 0 Å². The van der Waals surface area contributed by atoms with Crippen LogP contribution in [0.4, 0.5) is 0 Å². The number of rotatable bonds is 1. The first kappa shape index (κ1) is 6.74. The second kappa shape index (κ2) is 1.12. The summed E-state index contributed by atoms with van der Waals surface area (Å²) in [7, 11) is -4.57. The minimum atomic E-state index is -4.57. The minimum Gasteiger partial charge on any atom is -0.304 e. The molecule has 0 aromatic rings. The Morgan fingerprint density at radius 2 is 1.86 bits per heavy atom. The van der Waals surface area contributed by atoms with Gasteiger partial charge < -0.3 is 9.11 Å². The summed E-state index contributed by atoms with van der Waals surface area (Å²) in [5, 5.41) is 6.16. The van der Waals surface area contributed by atoms with Gasteiger partial charge in [-0.05, 0) is 0 Å². The molecule has 0 aromatic heterocycles. The average Bonchev–Trinajstić information content (AvgIpc) is 1.32. The molecule has 0 fully saturated rings. The monoisotopic (exact) mass is 125 g/mol. The van der Waals surface area contributed by atoms with Gasteiger partial charge in [-0.3, -0.25) is 5.41 Å². The smallest absolute Gasteiger partial charge is 0.115 e. The van der Waals surface area contributed by atoms with E-state index in [1.165, 1.54) is 0 Å². The van der Waals surface area contributed by atoms with E-state index in [2.05, 4.69) is 0 Å². The van der Waals surface area contributed by atoms with Gasteiger partial charge in [-0.15, -0.1) is 0 Å². The molecule has 4 nitrogen and oxygen atoms in total. The lowest BCUT2D eigenvalue weighted by molar-refractivity contribution is 0.418. The van der Waals surface area contributed by atoms with Crippen LogP contribution in [0.3, 0.4) is 0 Å². The molecule has 0 amide bonds. The summed E-state index contributed by atoms with van der Waals surface area (Å²) in [5.74, 6) is 0. The van der Waals surface area contributed by atoms with Crippen molar-refractivity contribution in [2.75, 3.05) is 6.26 Å². The van der Waals surface area contributed by atoms with Crippen LogP contribution in [0.1, 0.15) is 0 Å². The maximum Gasteiger partial charge on any atom is 0.115 e. The van der Waals surface area contributed by atoms with Crippen molar-refractivity contribution in [3.8, 4) is 0 Å². The summed E-state index contributed by atoms with van der Waals surface area (Å²) in [6.45, 7) is 0. The number of hydrogen-bond acceptors (Lipinski definition) is 2. The van der Waals surface area contributed by atoms with Crippen LogP contribution in [0.15, 0.2) is 0 Å². The summed E-state index contributed by atoms with van der Waals surface area (Å²) >= 11 is 0. The fourth-order valence-electron chi connectivity index (χ4n) is 0. The summed E-state index contributed by atoms with van der Waals surface area (Å²) < 4.78 is 26.3. The zero-order valence-electron chi connectivity index (χ0n) is 3.79. The first-order chi connectivity index (χ1) is 2.81. The zero-order valence-corrected chi connectivity index (χ0v) is 4.60. The molecule has 5 heteroatoms. The Balaban J connectivity index is 4.46. The Bertz CT molecular complexity index is 134. The Morgan fingerprint density at radius 3 is 1.86 bits per heavy atom. The molecule has 0 aliphatic rings. The SMILES string of the molecule is CS(=O)(O)(O)C=N. The van der Waals surface area contributed by atoms with Crippen LogP contribution < -0.4 is 0 Å². The molecule has 7 heavy (non-hydrogen) atoms. The third-order valence-electron chi connectivity index (χ3n) is 0.271. The van der Waals surface area contributed by atoms with E-state index in [1.54, 1.807) is 0 Å². The van der Waals surface area contributed by atoms with E-state index in [-0.39, 0.29) is 5.55 Å². The Labute approximate surface area is 41.1 Å². The maximum atomic E-state index is 10.0. The molecule has 0 saturated carbocycles. The lowest BCUT2D eigenvalue weighted by Gasteiger charge is -2.17. The van der Waals surface area contributed by atoms with Gasteiger partial charge in [0.05, 0.1) is 0 Å². The Morgan fingerprint density at radius 1 is 1.71 bits per heavy atom. The normalized spacial score (nSPS) is 17.3. The van der Waals surface area contributed by atoms with Gasteiger partial charge in [0.2, 0.25) is 0 Å². The summed E-state index contributed by atoms with van der Waals surface area (Å²) in [4.78, 5) is 0. The van der Waals surface area contributed by atoms with Gasteiger partial charge in [-0.25, -0.2) is 4.21 Å². The van der Waals surface area contributed by atoms with Crippen molar-refractivity contribution in [3.05, 3.63) is 0 Å². The van der Waals surface area contributed by atoms with Crippen LogP contribution in [-0.4, -0.2) is 25.1 Å². The molecule has 3 N–H and O–H groups in total. The predicted molar refractivity (Wildman–Crippen MR) is 28.1 cm³/mol. The van der Waals surface area contributed by atoms with Crippen LogP contribution in [-0.2, 0) is 9.63 Å². The van der Waals surface area contributed by atoms with Gasteiger partial charge in [-0.2, -0.15) is 0 Å². The van der Waals surface area contributed by atoms with Gasteiger partial charge >= 0.3 is 0 Å². The molecule has 0 unspecified atom stereocenters. The van der Waals surface area contributed by atoms with Crippen LogP contribution in [0.25, 0.3) is 0 Å². The number of nitrogens with one attached hydrogen (secondary N) is 1. The first-order valence-electron chi connectivity index (χ1n) is 1.46. The lowest BCUT2D eigenvalue weighted by atomic mass is 11.7. The van der Waals surface area contributed by atoms with Crippen molar-refractivity contribution < 1.29 is 13.3 Å². The van der Waals surface area contributed by atoms with Crippen molar-refractivity contribution in [1.29, 1.82) is 5.41 Å². The Kier molecular flexibility index (Phi) is 1.08. The predicted octanol–water partition coefficient (Wildman–Crippen LogP) is -0.0106. The van der Waals surface area contributed by atoms with Crippen LogP contribution >= 0.6 is 0 Å². The maximum absolute atomic E-state index is 10.0. The second-order valence-electron chi connectivity index (χ2n) is 1.42. The number of hydrogen-bond donors (Lipinski definition) is 3. The fraction of sp³-hybridized carbons (Fsp3) is 0.500. The van der Waals surface area contributed by atoms with Crippen molar-refractivity contribution in [2.24, 2.45) is 0 Å². The van der Waals surface area contributed by atoms with Crippen molar-refractivity contribution >= 4 is 15.2 Å². The average molecular weight is 125 g/mol. The standard InChI is InChI=1S/C2H7NO3S/c1-7(4,5,6)2-3/h2-3H,1H3,(H2,4,5,6). The van der Waals surface area contributed by atoms with E-state index in [1.807, 2.05) is 0 Å². The topological polar surface area (TPSA) is 81.4 Å². The highest BCUT2D eigenvalue weighted by molar-refractivity contribution is 8.21. The van der Waals surface area contributed by atoms with Gasteiger partial charge in [0.15, 0.2) is 0 Å². The molecule has 0 saturated heterocycles. The van der Waals surface area contributed by atoms with Crippen molar-refractivity contribution in [3.63, 3.8) is 0 Å². The van der Waals surface area contributed by atoms with E-state index < -0.39 is 9.63 Å². The molecule has 0 atom stereocenters. The van der Waals surface area contributed by atoms with E-state index in [9.17, 15) is 4.21 Å². The van der Waals surface area contributed by atoms with E-state index in [4.69, 9.17) is 14.5 Å². The molecule has 0 heterocycles. The minimum absolute atomic E-state index is 0.122. The lowest BCUT2D eigenvalue weighted by Crippen LogP contribution is -2.29. The quantitative estimate of drug-likeness (QED) is 0.340. The summed E-state index contributed by atoms with van der Waals surface area (Å²) in [5.41, 5.74) is 0.122. The van der Waals surface area contributed by atoms with E-state index >= 15 is 0 Å². The third-order valence-corrected chi connectivity index (χ3v) is 0.814. The molecule has 0 aromatic carbocycles. The van der Waals surface area contributed by atoms with Gasteiger partial charge in [0.25, 0.3) is 0 Å². The highest BCUT2D eigenvalue weighted by Gasteiger charge is 2.16. The fourth-order valence-corrected chi connectivity index (χ4v) is 0. The molecular formula is C2H7NO3S. The van der Waals surface area contributed by atoms with Gasteiger partial charge in [0, 0.05) is 6.26 Å². The highest BCUT2D eigenvalue weighted by Crippen LogP contribution is 2.02. The third kappa shape index (κ3) is 5.74.